The van der Waals surface area contributed by atoms with Crippen LogP contribution in [-0.2, 0) is 4.79 Å². The number of nitrogens with one attached hydrogen (secondary N) is 1. The van der Waals surface area contributed by atoms with Gasteiger partial charge in [0.1, 0.15) is 5.78 Å². The maximum Gasteiger partial charge on any atom is 0.134 e. The second-order valence-corrected chi connectivity index (χ2v) is 5.26. The fraction of sp³-hybridized carbons (Fsp3) is 0.929. The molecule has 16 heavy (non-hydrogen) atoms. The van der Waals surface area contributed by atoms with Gasteiger partial charge in [-0.3, -0.25) is 4.79 Å². The lowest BCUT2D eigenvalue weighted by Gasteiger charge is -2.36. The van der Waals surface area contributed by atoms with Gasteiger partial charge in [-0.15, -0.1) is 0 Å². The molecule has 1 N–H and O–H groups in total. The second-order valence-electron chi connectivity index (χ2n) is 5.26. The predicted molar refractivity (Wildman–Crippen MR) is 68.6 cm³/mol. The van der Waals surface area contributed by atoms with Crippen molar-refractivity contribution in [2.24, 2.45) is 0 Å². The van der Waals surface area contributed by atoms with E-state index in [1.807, 2.05) is 7.05 Å². The van der Waals surface area contributed by atoms with Crippen LogP contribution in [0, 0.1) is 0 Å². The number of unbranched alkanes of at least 4 members (excludes halogenated alkanes) is 2. The van der Waals surface area contributed by atoms with Crippen molar-refractivity contribution in [1.82, 2.24) is 5.32 Å². The first-order chi connectivity index (χ1) is 7.72. The first kappa shape index (κ1) is 13.7. The van der Waals surface area contributed by atoms with E-state index in [0.29, 0.717) is 5.78 Å². The van der Waals surface area contributed by atoms with E-state index in [-0.39, 0.29) is 5.54 Å². The summed E-state index contributed by atoms with van der Waals surface area (Å²) in [5, 5.41) is 3.42. The summed E-state index contributed by atoms with van der Waals surface area (Å²) in [5.74, 6) is 0.463. The molecule has 0 amide bonds. The van der Waals surface area contributed by atoms with Crippen LogP contribution < -0.4 is 5.32 Å². The lowest BCUT2D eigenvalue weighted by Crippen LogP contribution is -2.46. The van der Waals surface area contributed by atoms with E-state index in [4.69, 9.17) is 0 Å². The number of rotatable bonds is 7. The molecule has 0 radical (unpaired) electrons. The molecule has 0 spiro atoms. The van der Waals surface area contributed by atoms with Crippen molar-refractivity contribution in [3.8, 4) is 0 Å². The SMILES string of the molecule is CCCCCC(=O)CC1(NC)CCCCC1. The molecule has 1 aliphatic rings. The zero-order valence-electron chi connectivity index (χ0n) is 11.0. The molecule has 0 aromatic heterocycles. The van der Waals surface area contributed by atoms with Crippen LogP contribution in [0.15, 0.2) is 0 Å². The first-order valence-electron chi connectivity index (χ1n) is 6.93. The van der Waals surface area contributed by atoms with Crippen LogP contribution in [0.2, 0.25) is 0 Å². The number of carbonyl (C=O) groups is 1. The minimum atomic E-state index is 0.140. The largest absolute Gasteiger partial charge is 0.314 e. The van der Waals surface area contributed by atoms with Gasteiger partial charge in [-0.25, -0.2) is 0 Å². The fourth-order valence-electron chi connectivity index (χ4n) is 2.78. The summed E-state index contributed by atoms with van der Waals surface area (Å²) < 4.78 is 0. The quantitative estimate of drug-likeness (QED) is 0.672. The molecule has 0 unspecified atom stereocenters. The highest BCUT2D eigenvalue weighted by atomic mass is 16.1. The van der Waals surface area contributed by atoms with E-state index in [9.17, 15) is 4.79 Å². The van der Waals surface area contributed by atoms with Crippen LogP contribution in [0.1, 0.15) is 71.1 Å². The van der Waals surface area contributed by atoms with Gasteiger partial charge in [0.15, 0.2) is 0 Å². The standard InChI is InChI=1S/C14H27NO/c1-3-4-6-9-13(16)12-14(15-2)10-7-5-8-11-14/h15H,3-12H2,1-2H3. The van der Waals surface area contributed by atoms with Crippen molar-refractivity contribution in [3.05, 3.63) is 0 Å². The van der Waals surface area contributed by atoms with Gasteiger partial charge in [-0.2, -0.15) is 0 Å². The Kier molecular flexibility index (Phi) is 6.04. The Morgan fingerprint density at radius 1 is 1.19 bits per heavy atom. The van der Waals surface area contributed by atoms with Crippen LogP contribution in [-0.4, -0.2) is 18.4 Å². The number of hydrogen-bond donors (Lipinski definition) is 1. The average Bonchev–Trinajstić information content (AvgIpc) is 2.30. The zero-order chi connectivity index (χ0) is 11.9. The van der Waals surface area contributed by atoms with Gasteiger partial charge in [0.2, 0.25) is 0 Å². The highest BCUT2D eigenvalue weighted by Gasteiger charge is 2.31. The zero-order valence-corrected chi connectivity index (χ0v) is 11.0. The smallest absolute Gasteiger partial charge is 0.134 e. The minimum Gasteiger partial charge on any atom is -0.314 e. The van der Waals surface area contributed by atoms with E-state index < -0.39 is 0 Å². The van der Waals surface area contributed by atoms with Crippen molar-refractivity contribution < 1.29 is 4.79 Å². The molecule has 2 heteroatoms. The molecule has 1 aliphatic carbocycles. The monoisotopic (exact) mass is 225 g/mol. The molecular weight excluding hydrogens is 198 g/mol. The molecule has 94 valence electrons. The lowest BCUT2D eigenvalue weighted by molar-refractivity contribution is -0.121. The van der Waals surface area contributed by atoms with Gasteiger partial charge >= 0.3 is 0 Å². The van der Waals surface area contributed by atoms with Crippen LogP contribution in [0.4, 0.5) is 0 Å². The van der Waals surface area contributed by atoms with E-state index in [1.165, 1.54) is 44.9 Å². The molecule has 2 nitrogen and oxygen atoms in total. The molecule has 0 saturated heterocycles. The summed E-state index contributed by atoms with van der Waals surface area (Å²) in [7, 11) is 2.02. The third kappa shape index (κ3) is 4.25. The fourth-order valence-corrected chi connectivity index (χ4v) is 2.78. The van der Waals surface area contributed by atoms with Gasteiger partial charge in [0, 0.05) is 18.4 Å². The molecule has 1 rings (SSSR count). The number of ketones is 1. The van der Waals surface area contributed by atoms with Crippen molar-refractivity contribution in [1.29, 1.82) is 0 Å². The molecule has 0 aromatic rings. The molecule has 0 atom stereocenters. The van der Waals surface area contributed by atoms with E-state index in [2.05, 4.69) is 12.2 Å². The highest BCUT2D eigenvalue weighted by molar-refractivity contribution is 5.79. The Morgan fingerprint density at radius 2 is 1.88 bits per heavy atom. The molecule has 0 heterocycles. The van der Waals surface area contributed by atoms with Crippen molar-refractivity contribution >= 4 is 5.78 Å². The Hall–Kier alpha value is -0.370. The third-order valence-electron chi connectivity index (χ3n) is 3.94. The summed E-state index contributed by atoms with van der Waals surface area (Å²) in [4.78, 5) is 11.9. The minimum absolute atomic E-state index is 0.140. The summed E-state index contributed by atoms with van der Waals surface area (Å²) in [6.07, 6.45) is 11.3. The number of hydrogen-bond acceptors (Lipinski definition) is 2. The first-order valence-corrected chi connectivity index (χ1v) is 6.93. The molecule has 1 saturated carbocycles. The van der Waals surface area contributed by atoms with Gasteiger partial charge < -0.3 is 5.32 Å². The summed E-state index contributed by atoms with van der Waals surface area (Å²) in [5.41, 5.74) is 0.140. The molecular formula is C14H27NO. The average molecular weight is 225 g/mol. The topological polar surface area (TPSA) is 29.1 Å². The van der Waals surface area contributed by atoms with E-state index in [1.54, 1.807) is 0 Å². The van der Waals surface area contributed by atoms with Crippen molar-refractivity contribution in [2.75, 3.05) is 7.05 Å². The van der Waals surface area contributed by atoms with E-state index >= 15 is 0 Å². The Labute approximate surface area is 100 Å². The second kappa shape index (κ2) is 7.05. The van der Waals surface area contributed by atoms with Gasteiger partial charge in [0.05, 0.1) is 0 Å². The number of Topliss-reactive ketones (excluding diaryl/α,β-unsaturated/α-hetero) is 1. The maximum absolute atomic E-state index is 11.9. The maximum atomic E-state index is 11.9. The normalized spacial score (nSPS) is 19.6. The van der Waals surface area contributed by atoms with Gasteiger partial charge in [0.25, 0.3) is 0 Å². The molecule has 0 aromatic carbocycles. The van der Waals surface area contributed by atoms with Gasteiger partial charge in [-0.1, -0.05) is 39.0 Å². The highest BCUT2D eigenvalue weighted by Crippen LogP contribution is 2.31. The third-order valence-corrected chi connectivity index (χ3v) is 3.94. The van der Waals surface area contributed by atoms with Crippen LogP contribution >= 0.6 is 0 Å². The lowest BCUT2D eigenvalue weighted by atomic mass is 9.78. The van der Waals surface area contributed by atoms with Crippen LogP contribution in [0.25, 0.3) is 0 Å². The van der Waals surface area contributed by atoms with Crippen molar-refractivity contribution in [2.45, 2.75) is 76.7 Å². The Balaban J connectivity index is 2.33. The Morgan fingerprint density at radius 3 is 2.44 bits per heavy atom. The summed E-state index contributed by atoms with van der Waals surface area (Å²) in [6.45, 7) is 2.18. The van der Waals surface area contributed by atoms with Gasteiger partial charge in [-0.05, 0) is 26.3 Å². The predicted octanol–water partition coefficient (Wildman–Crippen LogP) is 3.45. The van der Waals surface area contributed by atoms with Crippen LogP contribution in [0.5, 0.6) is 0 Å². The Bertz CT molecular complexity index is 207. The van der Waals surface area contributed by atoms with E-state index in [0.717, 1.165) is 19.3 Å². The molecule has 0 bridgehead atoms. The molecule has 0 aliphatic heterocycles. The number of carbonyl (C=O) groups excluding carboxylic acids is 1. The summed E-state index contributed by atoms with van der Waals surface area (Å²) >= 11 is 0. The molecule has 1 fully saturated rings. The van der Waals surface area contributed by atoms with Crippen LogP contribution in [0.3, 0.4) is 0 Å². The van der Waals surface area contributed by atoms with Crippen molar-refractivity contribution in [3.63, 3.8) is 0 Å². The summed E-state index contributed by atoms with van der Waals surface area (Å²) in [6, 6.07) is 0.